The molecule has 2 aromatic carbocycles. The molecular formula is C16H13BrN2O2. The van der Waals surface area contributed by atoms with Crippen molar-refractivity contribution in [1.82, 2.24) is 5.32 Å². The van der Waals surface area contributed by atoms with Gasteiger partial charge in [-0.15, -0.1) is 0 Å². The quantitative estimate of drug-likeness (QED) is 0.711. The number of halogens is 1. The summed E-state index contributed by atoms with van der Waals surface area (Å²) < 4.78 is 6.42. The molecule has 3 rings (SSSR count). The molecule has 1 aromatic heterocycles. The molecule has 0 spiro atoms. The summed E-state index contributed by atoms with van der Waals surface area (Å²) in [6.07, 6.45) is 0. The van der Waals surface area contributed by atoms with Gasteiger partial charge in [0.15, 0.2) is 5.76 Å². The van der Waals surface area contributed by atoms with Crippen molar-refractivity contribution in [2.45, 2.75) is 6.54 Å². The van der Waals surface area contributed by atoms with Crippen molar-refractivity contribution in [3.05, 3.63) is 64.3 Å². The fourth-order valence-corrected chi connectivity index (χ4v) is 2.51. The van der Waals surface area contributed by atoms with Gasteiger partial charge in [0.05, 0.1) is 4.47 Å². The van der Waals surface area contributed by atoms with Crippen LogP contribution in [0.2, 0.25) is 0 Å². The molecule has 21 heavy (non-hydrogen) atoms. The van der Waals surface area contributed by atoms with E-state index in [-0.39, 0.29) is 5.91 Å². The number of furan rings is 1. The first-order valence-corrected chi connectivity index (χ1v) is 7.23. The van der Waals surface area contributed by atoms with Crippen molar-refractivity contribution in [3.63, 3.8) is 0 Å². The Bertz CT molecular complexity index is 794. The van der Waals surface area contributed by atoms with Crippen molar-refractivity contribution in [1.29, 1.82) is 0 Å². The van der Waals surface area contributed by atoms with E-state index >= 15 is 0 Å². The van der Waals surface area contributed by atoms with Crippen LogP contribution in [0.3, 0.4) is 0 Å². The summed E-state index contributed by atoms with van der Waals surface area (Å²) >= 11 is 3.40. The zero-order valence-corrected chi connectivity index (χ0v) is 12.7. The number of rotatable bonds is 3. The molecule has 1 heterocycles. The molecule has 3 N–H and O–H groups in total. The van der Waals surface area contributed by atoms with Crippen LogP contribution in [0.4, 0.5) is 5.69 Å². The fraction of sp³-hybridized carbons (Fsp3) is 0.0625. The molecule has 0 bridgehead atoms. The maximum Gasteiger partial charge on any atom is 0.287 e. The summed E-state index contributed by atoms with van der Waals surface area (Å²) in [5.74, 6) is 0.0577. The first kappa shape index (κ1) is 13.7. The van der Waals surface area contributed by atoms with Crippen molar-refractivity contribution in [3.8, 4) is 0 Å². The number of amides is 1. The minimum absolute atomic E-state index is 0.241. The zero-order valence-electron chi connectivity index (χ0n) is 11.1. The van der Waals surface area contributed by atoms with Gasteiger partial charge in [-0.1, -0.05) is 24.3 Å². The highest BCUT2D eigenvalue weighted by molar-refractivity contribution is 9.10. The van der Waals surface area contributed by atoms with Gasteiger partial charge >= 0.3 is 0 Å². The number of anilines is 1. The maximum atomic E-state index is 12.1. The second-order valence-corrected chi connectivity index (χ2v) is 5.55. The standard InChI is InChI=1S/C16H13BrN2O2/c17-13-3-1-2-11-8-14(21-15(11)13)16(20)19-9-10-4-6-12(18)7-5-10/h1-8H,9,18H2,(H,19,20). The number of fused-ring (bicyclic) bond motifs is 1. The normalized spacial score (nSPS) is 10.7. The van der Waals surface area contributed by atoms with E-state index in [4.69, 9.17) is 10.2 Å². The average molecular weight is 345 g/mol. The summed E-state index contributed by atoms with van der Waals surface area (Å²) in [6.45, 7) is 0.428. The number of nitrogens with one attached hydrogen (secondary N) is 1. The van der Waals surface area contributed by atoms with Gasteiger partial charge in [-0.3, -0.25) is 4.79 Å². The Morgan fingerprint density at radius 1 is 1.19 bits per heavy atom. The van der Waals surface area contributed by atoms with Gasteiger partial charge in [-0.05, 0) is 45.8 Å². The van der Waals surface area contributed by atoms with Crippen LogP contribution >= 0.6 is 15.9 Å². The molecule has 0 radical (unpaired) electrons. The lowest BCUT2D eigenvalue weighted by Crippen LogP contribution is -2.22. The lowest BCUT2D eigenvalue weighted by molar-refractivity contribution is 0.0925. The minimum atomic E-state index is -0.241. The number of carbonyl (C=O) groups excluding carboxylic acids is 1. The monoisotopic (exact) mass is 344 g/mol. The number of nitrogens with two attached hydrogens (primary N) is 1. The van der Waals surface area contributed by atoms with Gasteiger partial charge < -0.3 is 15.5 Å². The van der Waals surface area contributed by atoms with E-state index in [2.05, 4.69) is 21.2 Å². The second kappa shape index (κ2) is 5.61. The van der Waals surface area contributed by atoms with Crippen LogP contribution in [0.15, 0.2) is 57.4 Å². The van der Waals surface area contributed by atoms with E-state index in [9.17, 15) is 4.79 Å². The fourth-order valence-electron chi connectivity index (χ4n) is 2.04. The number of para-hydroxylation sites is 1. The van der Waals surface area contributed by atoms with Crippen LogP contribution < -0.4 is 11.1 Å². The van der Waals surface area contributed by atoms with E-state index in [0.717, 1.165) is 15.4 Å². The lowest BCUT2D eigenvalue weighted by atomic mass is 10.2. The number of nitrogen functional groups attached to an aromatic ring is 1. The van der Waals surface area contributed by atoms with Crippen LogP contribution in [0.1, 0.15) is 16.1 Å². The molecule has 4 nitrogen and oxygen atoms in total. The van der Waals surface area contributed by atoms with Crippen molar-refractivity contribution >= 4 is 38.5 Å². The van der Waals surface area contributed by atoms with E-state index < -0.39 is 0 Å². The average Bonchev–Trinajstić information content (AvgIpc) is 2.92. The molecule has 5 heteroatoms. The van der Waals surface area contributed by atoms with Crippen molar-refractivity contribution in [2.75, 3.05) is 5.73 Å². The molecule has 0 aliphatic carbocycles. The molecule has 0 aliphatic heterocycles. The number of hydrogen-bond acceptors (Lipinski definition) is 3. The third-order valence-electron chi connectivity index (χ3n) is 3.15. The SMILES string of the molecule is Nc1ccc(CNC(=O)c2cc3cccc(Br)c3o2)cc1. The number of carbonyl (C=O) groups is 1. The zero-order chi connectivity index (χ0) is 14.8. The van der Waals surface area contributed by atoms with Gasteiger partial charge in [0.1, 0.15) is 5.58 Å². The highest BCUT2D eigenvalue weighted by Gasteiger charge is 2.13. The Hall–Kier alpha value is -2.27. The summed E-state index contributed by atoms with van der Waals surface area (Å²) in [4.78, 5) is 12.1. The molecule has 0 saturated carbocycles. The predicted octanol–water partition coefficient (Wildman–Crippen LogP) is 3.71. The maximum absolute atomic E-state index is 12.1. The van der Waals surface area contributed by atoms with E-state index in [1.807, 2.05) is 30.3 Å². The Balaban J connectivity index is 1.75. The third-order valence-corrected chi connectivity index (χ3v) is 3.78. The van der Waals surface area contributed by atoms with Crippen molar-refractivity contribution < 1.29 is 9.21 Å². The van der Waals surface area contributed by atoms with Crippen molar-refractivity contribution in [2.24, 2.45) is 0 Å². The first-order valence-electron chi connectivity index (χ1n) is 6.44. The molecule has 0 unspecified atom stereocenters. The summed E-state index contributed by atoms with van der Waals surface area (Å²) in [6, 6.07) is 14.8. The Morgan fingerprint density at radius 3 is 2.67 bits per heavy atom. The molecule has 1 amide bonds. The third kappa shape index (κ3) is 2.92. The lowest BCUT2D eigenvalue weighted by Gasteiger charge is -2.03. The van der Waals surface area contributed by atoms with Gasteiger partial charge in [0.2, 0.25) is 0 Å². The minimum Gasteiger partial charge on any atom is -0.450 e. The molecular weight excluding hydrogens is 332 g/mol. The smallest absolute Gasteiger partial charge is 0.287 e. The summed E-state index contributed by atoms with van der Waals surface area (Å²) in [7, 11) is 0. The molecule has 3 aromatic rings. The van der Waals surface area contributed by atoms with Crippen LogP contribution in [0, 0.1) is 0 Å². The van der Waals surface area contributed by atoms with Gasteiger partial charge in [-0.2, -0.15) is 0 Å². The predicted molar refractivity (Wildman–Crippen MR) is 85.9 cm³/mol. The van der Waals surface area contributed by atoms with Crippen LogP contribution in [0.5, 0.6) is 0 Å². The molecule has 0 aliphatic rings. The first-order chi connectivity index (χ1) is 10.1. The molecule has 0 atom stereocenters. The largest absolute Gasteiger partial charge is 0.450 e. The highest BCUT2D eigenvalue weighted by atomic mass is 79.9. The number of hydrogen-bond donors (Lipinski definition) is 2. The Morgan fingerprint density at radius 2 is 1.95 bits per heavy atom. The summed E-state index contributed by atoms with van der Waals surface area (Å²) in [5.41, 5.74) is 7.98. The van der Waals surface area contributed by atoms with Gasteiger partial charge in [-0.25, -0.2) is 0 Å². The molecule has 0 fully saturated rings. The van der Waals surface area contributed by atoms with Crippen LogP contribution in [-0.2, 0) is 6.54 Å². The summed E-state index contributed by atoms with van der Waals surface area (Å²) in [5, 5.41) is 3.72. The topological polar surface area (TPSA) is 68.3 Å². The van der Waals surface area contributed by atoms with E-state index in [1.54, 1.807) is 18.2 Å². The van der Waals surface area contributed by atoms with E-state index in [0.29, 0.717) is 23.6 Å². The highest BCUT2D eigenvalue weighted by Crippen LogP contribution is 2.26. The molecule has 0 saturated heterocycles. The van der Waals surface area contributed by atoms with Crippen LogP contribution in [-0.4, -0.2) is 5.91 Å². The Labute approximate surface area is 130 Å². The Kier molecular flexibility index (Phi) is 3.66. The number of benzene rings is 2. The molecule has 106 valence electrons. The van der Waals surface area contributed by atoms with Gasteiger partial charge in [0.25, 0.3) is 5.91 Å². The van der Waals surface area contributed by atoms with E-state index in [1.165, 1.54) is 0 Å². The van der Waals surface area contributed by atoms with Crippen LogP contribution in [0.25, 0.3) is 11.0 Å². The van der Waals surface area contributed by atoms with Gasteiger partial charge in [0, 0.05) is 17.6 Å². The second-order valence-electron chi connectivity index (χ2n) is 4.69.